The lowest BCUT2D eigenvalue weighted by atomic mass is 10.1. The van der Waals surface area contributed by atoms with Gasteiger partial charge in [0.2, 0.25) is 5.91 Å². The highest BCUT2D eigenvalue weighted by atomic mass is 16.5. The van der Waals surface area contributed by atoms with E-state index in [-0.39, 0.29) is 12.3 Å². The molecule has 4 heteroatoms. The highest BCUT2D eigenvalue weighted by Gasteiger charge is 2.14. The van der Waals surface area contributed by atoms with Crippen LogP contribution in [0.4, 0.5) is 5.69 Å². The Morgan fingerprint density at radius 1 is 1.18 bits per heavy atom. The number of hydrogen-bond donors (Lipinski definition) is 1. The summed E-state index contributed by atoms with van der Waals surface area (Å²) in [5.41, 5.74) is 4.48. The molecule has 2 aromatic carbocycles. The maximum Gasteiger partial charge on any atom is 0.230 e. The molecule has 0 aliphatic carbocycles. The molecule has 0 fully saturated rings. The van der Waals surface area contributed by atoms with Crippen LogP contribution < -0.4 is 5.32 Å². The lowest BCUT2D eigenvalue weighted by molar-refractivity contribution is -0.115. The zero-order valence-corrected chi connectivity index (χ0v) is 12.7. The topological polar surface area (TPSA) is 55.1 Å². The van der Waals surface area contributed by atoms with Gasteiger partial charge < -0.3 is 9.84 Å². The Morgan fingerprint density at radius 2 is 2.00 bits per heavy atom. The van der Waals surface area contributed by atoms with Gasteiger partial charge in [-0.05, 0) is 36.6 Å². The maximum absolute atomic E-state index is 12.4. The van der Waals surface area contributed by atoms with Crippen LogP contribution in [0.5, 0.6) is 0 Å². The Kier molecular flexibility index (Phi) is 3.92. The second-order valence-corrected chi connectivity index (χ2v) is 5.31. The minimum atomic E-state index is -0.0805. The Balaban J connectivity index is 1.81. The number of nitrogens with zero attached hydrogens (tertiary/aromatic N) is 1. The molecule has 112 valence electrons. The fourth-order valence-corrected chi connectivity index (χ4v) is 2.60. The van der Waals surface area contributed by atoms with Crippen LogP contribution in [0.15, 0.2) is 47.0 Å². The summed E-state index contributed by atoms with van der Waals surface area (Å²) in [5, 5.41) is 7.91. The number of anilines is 1. The Bertz CT molecular complexity index is 821. The van der Waals surface area contributed by atoms with Crippen molar-refractivity contribution in [3.05, 3.63) is 59.3 Å². The number of carbonyl (C=O) groups excluding carboxylic acids is 1. The van der Waals surface area contributed by atoms with Gasteiger partial charge in [0.1, 0.15) is 5.69 Å². The van der Waals surface area contributed by atoms with Crippen LogP contribution in [0.2, 0.25) is 0 Å². The average Bonchev–Trinajstić information content (AvgIpc) is 2.92. The Hall–Kier alpha value is -2.62. The van der Waals surface area contributed by atoms with Crippen LogP contribution in [-0.4, -0.2) is 11.1 Å². The van der Waals surface area contributed by atoms with Gasteiger partial charge in [-0.3, -0.25) is 4.79 Å². The molecule has 1 N–H and O–H groups in total. The van der Waals surface area contributed by atoms with Crippen molar-refractivity contribution >= 4 is 22.6 Å². The molecule has 0 unspecified atom stereocenters. The van der Waals surface area contributed by atoms with Crippen LogP contribution in [0.25, 0.3) is 11.0 Å². The van der Waals surface area contributed by atoms with Gasteiger partial charge in [-0.25, -0.2) is 0 Å². The van der Waals surface area contributed by atoms with Crippen LogP contribution in [0.1, 0.15) is 23.7 Å². The summed E-state index contributed by atoms with van der Waals surface area (Å²) in [6, 6.07) is 13.6. The normalized spacial score (nSPS) is 10.8. The smallest absolute Gasteiger partial charge is 0.230 e. The molecule has 1 heterocycles. The minimum Gasteiger partial charge on any atom is -0.356 e. The number of benzene rings is 2. The SMILES string of the molecule is CCc1cccc(C)c1NC(=O)Cc1noc2ccccc12. The van der Waals surface area contributed by atoms with E-state index in [1.807, 2.05) is 49.4 Å². The number of amides is 1. The molecule has 0 aliphatic heterocycles. The summed E-state index contributed by atoms with van der Waals surface area (Å²) in [7, 11) is 0. The van der Waals surface area contributed by atoms with E-state index in [0.29, 0.717) is 11.3 Å². The molecular weight excluding hydrogens is 276 g/mol. The van der Waals surface area contributed by atoms with Gasteiger partial charge in [0.25, 0.3) is 0 Å². The fourth-order valence-electron chi connectivity index (χ4n) is 2.60. The van der Waals surface area contributed by atoms with E-state index < -0.39 is 0 Å². The van der Waals surface area contributed by atoms with Crippen molar-refractivity contribution in [2.24, 2.45) is 0 Å². The van der Waals surface area contributed by atoms with E-state index in [1.165, 1.54) is 0 Å². The molecule has 0 aliphatic rings. The summed E-state index contributed by atoms with van der Waals surface area (Å²) < 4.78 is 5.24. The van der Waals surface area contributed by atoms with Gasteiger partial charge in [0, 0.05) is 11.1 Å². The standard InChI is InChI=1S/C18H18N2O2/c1-3-13-8-6-7-12(2)18(13)19-17(21)11-15-14-9-4-5-10-16(14)22-20-15/h4-10H,3,11H2,1-2H3,(H,19,21). The van der Waals surface area contributed by atoms with E-state index in [2.05, 4.69) is 17.4 Å². The van der Waals surface area contributed by atoms with Gasteiger partial charge >= 0.3 is 0 Å². The quantitative estimate of drug-likeness (QED) is 0.794. The van der Waals surface area contributed by atoms with Crippen molar-refractivity contribution in [3.63, 3.8) is 0 Å². The molecule has 0 saturated heterocycles. The van der Waals surface area contributed by atoms with Crippen molar-refractivity contribution in [1.82, 2.24) is 5.16 Å². The molecule has 3 aromatic rings. The molecule has 0 saturated carbocycles. The largest absolute Gasteiger partial charge is 0.356 e. The molecule has 4 nitrogen and oxygen atoms in total. The van der Waals surface area contributed by atoms with E-state index >= 15 is 0 Å². The number of para-hydroxylation sites is 2. The third kappa shape index (κ3) is 2.72. The monoisotopic (exact) mass is 294 g/mol. The highest BCUT2D eigenvalue weighted by Crippen LogP contribution is 2.22. The molecule has 22 heavy (non-hydrogen) atoms. The summed E-state index contributed by atoms with van der Waals surface area (Å²) in [5.74, 6) is -0.0805. The predicted molar refractivity (Wildman–Crippen MR) is 86.9 cm³/mol. The van der Waals surface area contributed by atoms with Gasteiger partial charge in [-0.15, -0.1) is 0 Å². The van der Waals surface area contributed by atoms with E-state index in [4.69, 9.17) is 4.52 Å². The van der Waals surface area contributed by atoms with Crippen LogP contribution in [0, 0.1) is 6.92 Å². The molecule has 1 aromatic heterocycles. The van der Waals surface area contributed by atoms with E-state index in [9.17, 15) is 4.79 Å². The second kappa shape index (κ2) is 6.02. The third-order valence-electron chi connectivity index (χ3n) is 3.78. The van der Waals surface area contributed by atoms with Gasteiger partial charge in [-0.2, -0.15) is 0 Å². The number of nitrogens with one attached hydrogen (secondary N) is 1. The number of hydrogen-bond acceptors (Lipinski definition) is 3. The first-order valence-electron chi connectivity index (χ1n) is 7.40. The van der Waals surface area contributed by atoms with Gasteiger partial charge in [0.05, 0.1) is 6.42 Å². The summed E-state index contributed by atoms with van der Waals surface area (Å²) in [6.07, 6.45) is 1.08. The zero-order valence-electron chi connectivity index (χ0n) is 12.7. The third-order valence-corrected chi connectivity index (χ3v) is 3.78. The zero-order chi connectivity index (χ0) is 15.5. The first-order chi connectivity index (χ1) is 10.7. The second-order valence-electron chi connectivity index (χ2n) is 5.31. The number of rotatable bonds is 4. The Labute approximate surface area is 129 Å². The molecule has 0 spiro atoms. The van der Waals surface area contributed by atoms with Crippen molar-refractivity contribution in [2.45, 2.75) is 26.7 Å². The summed E-state index contributed by atoms with van der Waals surface area (Å²) in [6.45, 7) is 4.08. The molecule has 0 atom stereocenters. The number of aromatic nitrogens is 1. The summed E-state index contributed by atoms with van der Waals surface area (Å²) >= 11 is 0. The summed E-state index contributed by atoms with van der Waals surface area (Å²) in [4.78, 5) is 12.4. The van der Waals surface area contributed by atoms with Crippen molar-refractivity contribution in [1.29, 1.82) is 0 Å². The fraction of sp³-hybridized carbons (Fsp3) is 0.222. The first kappa shape index (κ1) is 14.3. The van der Waals surface area contributed by atoms with Crippen LogP contribution in [0.3, 0.4) is 0 Å². The molecule has 3 rings (SSSR count). The van der Waals surface area contributed by atoms with Crippen molar-refractivity contribution in [3.8, 4) is 0 Å². The van der Waals surface area contributed by atoms with Crippen molar-refractivity contribution < 1.29 is 9.32 Å². The molecular formula is C18H18N2O2. The van der Waals surface area contributed by atoms with Crippen LogP contribution in [-0.2, 0) is 17.6 Å². The first-order valence-corrected chi connectivity index (χ1v) is 7.40. The Morgan fingerprint density at radius 3 is 2.82 bits per heavy atom. The van der Waals surface area contributed by atoms with Crippen LogP contribution >= 0.6 is 0 Å². The number of aryl methyl sites for hydroxylation is 2. The predicted octanol–water partition coefficient (Wildman–Crippen LogP) is 3.88. The molecule has 1 amide bonds. The lowest BCUT2D eigenvalue weighted by Crippen LogP contribution is -2.16. The van der Waals surface area contributed by atoms with Gasteiger partial charge in [0.15, 0.2) is 5.58 Å². The maximum atomic E-state index is 12.4. The lowest BCUT2D eigenvalue weighted by Gasteiger charge is -2.12. The molecule has 0 bridgehead atoms. The number of carbonyl (C=O) groups is 1. The van der Waals surface area contributed by atoms with Crippen molar-refractivity contribution in [2.75, 3.05) is 5.32 Å². The highest BCUT2D eigenvalue weighted by molar-refractivity contribution is 5.95. The van der Waals surface area contributed by atoms with Gasteiger partial charge in [-0.1, -0.05) is 42.4 Å². The molecule has 0 radical (unpaired) electrons. The minimum absolute atomic E-state index is 0.0805. The average molecular weight is 294 g/mol. The van der Waals surface area contributed by atoms with E-state index in [0.717, 1.165) is 28.6 Å². The number of fused-ring (bicyclic) bond motifs is 1. The van der Waals surface area contributed by atoms with E-state index in [1.54, 1.807) is 0 Å².